The predicted octanol–water partition coefficient (Wildman–Crippen LogP) is 2.99. The first kappa shape index (κ1) is 20.7. The summed E-state index contributed by atoms with van der Waals surface area (Å²) in [6.07, 6.45) is 0. The fraction of sp³-hybridized carbons (Fsp3) is 0.250. The van der Waals surface area contributed by atoms with E-state index in [0.717, 1.165) is 16.9 Å². The van der Waals surface area contributed by atoms with Gasteiger partial charge in [0.15, 0.2) is 5.82 Å². The molecule has 1 atom stereocenters. The second-order valence-corrected chi connectivity index (χ2v) is 7.55. The Morgan fingerprint density at radius 2 is 1.90 bits per heavy atom. The molecule has 0 aliphatic carbocycles. The summed E-state index contributed by atoms with van der Waals surface area (Å²) in [5.74, 6) is 6.90. The normalized spacial score (nSPS) is 11.8. The second-order valence-electron chi connectivity index (χ2n) is 6.24. The lowest BCUT2D eigenvalue weighted by Gasteiger charge is -2.11. The Hall–Kier alpha value is -3.07. The molecule has 1 aromatic heterocycles. The monoisotopic (exact) mass is 415 g/mol. The molecule has 0 bridgehead atoms. The molecule has 0 saturated carbocycles. The van der Waals surface area contributed by atoms with Crippen LogP contribution >= 0.6 is 11.8 Å². The van der Waals surface area contributed by atoms with Crippen LogP contribution in [0.25, 0.3) is 11.4 Å². The van der Waals surface area contributed by atoms with Gasteiger partial charge in [-0.3, -0.25) is 4.79 Å². The molecule has 0 aliphatic rings. The average Bonchev–Trinajstić information content (AvgIpc) is 3.08. The lowest BCUT2D eigenvalue weighted by molar-refractivity contribution is -0.120. The van der Waals surface area contributed by atoms with Crippen molar-refractivity contribution in [3.8, 4) is 17.1 Å². The summed E-state index contributed by atoms with van der Waals surface area (Å²) in [6.45, 7) is 4.59. The van der Waals surface area contributed by atoms with Crippen molar-refractivity contribution >= 4 is 17.7 Å². The molecule has 7 nitrogen and oxygen atoms in total. The van der Waals surface area contributed by atoms with E-state index in [1.807, 2.05) is 31.2 Å². The fourth-order valence-electron chi connectivity index (χ4n) is 2.57. The molecule has 0 aliphatic heterocycles. The molecular weight excluding hydrogens is 393 g/mol. The van der Waals surface area contributed by atoms with Crippen LogP contribution in [0.15, 0.2) is 53.7 Å². The van der Waals surface area contributed by atoms with E-state index in [2.05, 4.69) is 15.5 Å². The average molecular weight is 415 g/mol. The van der Waals surface area contributed by atoms with Gasteiger partial charge < -0.3 is 15.9 Å². The SMILES string of the molecule is CCOc1ccc(-c2nnc(S[C@@H](C)C(=O)NCc3ccc(F)cc3)n2N)cc1. The van der Waals surface area contributed by atoms with Crippen LogP contribution in [0.1, 0.15) is 19.4 Å². The van der Waals surface area contributed by atoms with E-state index in [1.54, 1.807) is 19.1 Å². The maximum absolute atomic E-state index is 12.9. The van der Waals surface area contributed by atoms with Crippen LogP contribution in [0.5, 0.6) is 5.75 Å². The van der Waals surface area contributed by atoms with Gasteiger partial charge in [0, 0.05) is 12.1 Å². The van der Waals surface area contributed by atoms with Gasteiger partial charge in [0.1, 0.15) is 11.6 Å². The van der Waals surface area contributed by atoms with Gasteiger partial charge in [-0.25, -0.2) is 9.07 Å². The summed E-state index contributed by atoms with van der Waals surface area (Å²) in [5, 5.41) is 11.0. The summed E-state index contributed by atoms with van der Waals surface area (Å²) in [5.41, 5.74) is 1.61. The van der Waals surface area contributed by atoms with Crippen LogP contribution in [0.4, 0.5) is 4.39 Å². The maximum atomic E-state index is 12.9. The van der Waals surface area contributed by atoms with Crippen LogP contribution < -0.4 is 15.9 Å². The van der Waals surface area contributed by atoms with Crippen LogP contribution in [0, 0.1) is 5.82 Å². The van der Waals surface area contributed by atoms with Crippen molar-refractivity contribution in [2.75, 3.05) is 12.4 Å². The number of nitrogen functional groups attached to an aromatic ring is 1. The quantitative estimate of drug-likeness (QED) is 0.434. The minimum atomic E-state index is -0.435. The van der Waals surface area contributed by atoms with Gasteiger partial charge in [0.05, 0.1) is 11.9 Å². The van der Waals surface area contributed by atoms with Crippen molar-refractivity contribution in [3.05, 3.63) is 59.9 Å². The molecule has 29 heavy (non-hydrogen) atoms. The number of thioether (sulfide) groups is 1. The van der Waals surface area contributed by atoms with E-state index in [9.17, 15) is 9.18 Å². The number of hydrogen-bond donors (Lipinski definition) is 2. The number of nitrogens with one attached hydrogen (secondary N) is 1. The van der Waals surface area contributed by atoms with Crippen molar-refractivity contribution in [1.29, 1.82) is 0 Å². The number of hydrogen-bond acceptors (Lipinski definition) is 6. The van der Waals surface area contributed by atoms with Gasteiger partial charge in [-0.1, -0.05) is 23.9 Å². The molecule has 0 saturated heterocycles. The van der Waals surface area contributed by atoms with E-state index in [0.29, 0.717) is 24.1 Å². The van der Waals surface area contributed by atoms with E-state index < -0.39 is 5.25 Å². The van der Waals surface area contributed by atoms with Gasteiger partial charge in [-0.2, -0.15) is 0 Å². The predicted molar refractivity (Wildman–Crippen MR) is 110 cm³/mol. The number of benzene rings is 2. The number of rotatable bonds is 8. The Morgan fingerprint density at radius 1 is 1.21 bits per heavy atom. The molecular formula is C20H22FN5O2S. The highest BCUT2D eigenvalue weighted by atomic mass is 32.2. The molecule has 0 fully saturated rings. The first-order valence-corrected chi connectivity index (χ1v) is 9.98. The van der Waals surface area contributed by atoms with E-state index in [1.165, 1.54) is 28.6 Å². The van der Waals surface area contributed by atoms with Crippen molar-refractivity contribution < 1.29 is 13.9 Å². The smallest absolute Gasteiger partial charge is 0.233 e. The molecule has 152 valence electrons. The number of nitrogens with two attached hydrogens (primary N) is 1. The third-order valence-electron chi connectivity index (χ3n) is 4.12. The maximum Gasteiger partial charge on any atom is 0.233 e. The molecule has 1 amide bonds. The molecule has 0 spiro atoms. The van der Waals surface area contributed by atoms with Crippen LogP contribution in [-0.4, -0.2) is 32.6 Å². The Morgan fingerprint density at radius 3 is 2.55 bits per heavy atom. The number of carbonyl (C=O) groups is 1. The van der Waals surface area contributed by atoms with Gasteiger partial charge in [0.25, 0.3) is 0 Å². The third kappa shape index (κ3) is 5.26. The first-order chi connectivity index (χ1) is 14.0. The molecule has 1 heterocycles. The number of halogens is 1. The number of ether oxygens (including phenoxy) is 1. The fourth-order valence-corrected chi connectivity index (χ4v) is 3.36. The van der Waals surface area contributed by atoms with Gasteiger partial charge in [-0.15, -0.1) is 10.2 Å². The van der Waals surface area contributed by atoms with Crippen LogP contribution in [0.2, 0.25) is 0 Å². The number of amides is 1. The zero-order chi connectivity index (χ0) is 20.8. The largest absolute Gasteiger partial charge is 0.494 e. The lowest BCUT2D eigenvalue weighted by atomic mass is 10.2. The Kier molecular flexibility index (Phi) is 6.71. The van der Waals surface area contributed by atoms with E-state index in [4.69, 9.17) is 10.6 Å². The molecule has 0 unspecified atom stereocenters. The summed E-state index contributed by atoms with van der Waals surface area (Å²) < 4.78 is 19.7. The lowest BCUT2D eigenvalue weighted by Crippen LogP contribution is -2.30. The highest BCUT2D eigenvalue weighted by Gasteiger charge is 2.20. The highest BCUT2D eigenvalue weighted by molar-refractivity contribution is 8.00. The molecule has 0 radical (unpaired) electrons. The Bertz CT molecular complexity index is 960. The van der Waals surface area contributed by atoms with E-state index in [-0.39, 0.29) is 11.7 Å². The Balaban J connectivity index is 1.61. The number of nitrogens with zero attached hydrogens (tertiary/aromatic N) is 3. The van der Waals surface area contributed by atoms with Crippen LogP contribution in [-0.2, 0) is 11.3 Å². The van der Waals surface area contributed by atoms with Crippen molar-refractivity contribution in [2.45, 2.75) is 30.8 Å². The molecule has 9 heteroatoms. The van der Waals surface area contributed by atoms with E-state index >= 15 is 0 Å². The number of aromatic nitrogens is 3. The number of carbonyl (C=O) groups excluding carboxylic acids is 1. The third-order valence-corrected chi connectivity index (χ3v) is 5.18. The zero-order valence-corrected chi connectivity index (χ0v) is 16.9. The van der Waals surface area contributed by atoms with Gasteiger partial charge >= 0.3 is 0 Å². The second kappa shape index (κ2) is 9.42. The molecule has 3 N–H and O–H groups in total. The first-order valence-electron chi connectivity index (χ1n) is 9.10. The molecule has 3 rings (SSSR count). The summed E-state index contributed by atoms with van der Waals surface area (Å²) in [7, 11) is 0. The topological polar surface area (TPSA) is 95.1 Å². The molecule has 3 aromatic rings. The highest BCUT2D eigenvalue weighted by Crippen LogP contribution is 2.26. The summed E-state index contributed by atoms with van der Waals surface area (Å²) in [4.78, 5) is 12.4. The van der Waals surface area contributed by atoms with Gasteiger partial charge in [0.2, 0.25) is 11.1 Å². The minimum Gasteiger partial charge on any atom is -0.494 e. The van der Waals surface area contributed by atoms with Crippen molar-refractivity contribution in [3.63, 3.8) is 0 Å². The standard InChI is InChI=1S/C20H22FN5O2S/c1-3-28-17-10-6-15(7-11-17)18-24-25-20(26(18)22)29-13(2)19(27)23-12-14-4-8-16(21)9-5-14/h4-11,13H,3,12,22H2,1-2H3,(H,23,27)/t13-/m0/s1. The van der Waals surface area contributed by atoms with Gasteiger partial charge in [-0.05, 0) is 55.8 Å². The summed E-state index contributed by atoms with van der Waals surface area (Å²) in [6, 6.07) is 13.4. The minimum absolute atomic E-state index is 0.176. The molecule has 2 aromatic carbocycles. The summed E-state index contributed by atoms with van der Waals surface area (Å²) >= 11 is 1.21. The van der Waals surface area contributed by atoms with Crippen molar-refractivity contribution in [2.24, 2.45) is 0 Å². The zero-order valence-electron chi connectivity index (χ0n) is 16.1. The Labute approximate surface area is 172 Å². The van der Waals surface area contributed by atoms with Crippen molar-refractivity contribution in [1.82, 2.24) is 20.2 Å². The van der Waals surface area contributed by atoms with Crippen LogP contribution in [0.3, 0.4) is 0 Å².